The zero-order valence-electron chi connectivity index (χ0n) is 12.6. The predicted molar refractivity (Wildman–Crippen MR) is 80.3 cm³/mol. The Balaban J connectivity index is 2.15. The Morgan fingerprint density at radius 3 is 2.81 bits per heavy atom. The number of hydrogen-bond acceptors (Lipinski definition) is 6. The Bertz CT molecular complexity index is 693. The van der Waals surface area contributed by atoms with E-state index in [1.807, 2.05) is 25.8 Å². The second-order valence-corrected chi connectivity index (χ2v) is 5.69. The van der Waals surface area contributed by atoms with E-state index >= 15 is 0 Å². The van der Waals surface area contributed by atoms with Gasteiger partial charge in [-0.15, -0.1) is 0 Å². The average molecular weight is 289 g/mol. The molecule has 1 saturated heterocycles. The summed E-state index contributed by atoms with van der Waals surface area (Å²) in [5.74, 6) is 1.31. The molecule has 0 unspecified atom stereocenters. The first kappa shape index (κ1) is 13.6. The van der Waals surface area contributed by atoms with Crippen molar-refractivity contribution >= 4 is 28.7 Å². The summed E-state index contributed by atoms with van der Waals surface area (Å²) in [4.78, 5) is 25.1. The van der Waals surface area contributed by atoms with Crippen molar-refractivity contribution in [3.63, 3.8) is 0 Å². The fraction of sp³-hybridized carbons (Fsp3) is 0.538. The monoisotopic (exact) mass is 289 g/mol. The first-order chi connectivity index (χ1) is 9.95. The fourth-order valence-electron chi connectivity index (χ4n) is 2.72. The van der Waals surface area contributed by atoms with Crippen LogP contribution in [-0.4, -0.2) is 63.7 Å². The SMILES string of the molecule is CNc1nc(N2CCN(C)C(=O)C2(C)C)c2cn[nH]c2n1. The van der Waals surface area contributed by atoms with Crippen LogP contribution < -0.4 is 10.2 Å². The second-order valence-electron chi connectivity index (χ2n) is 5.69. The van der Waals surface area contributed by atoms with Gasteiger partial charge in [0.05, 0.1) is 11.6 Å². The highest BCUT2D eigenvalue weighted by Gasteiger charge is 2.42. The topological polar surface area (TPSA) is 90.0 Å². The van der Waals surface area contributed by atoms with Crippen LogP contribution in [0.15, 0.2) is 6.20 Å². The van der Waals surface area contributed by atoms with E-state index in [0.29, 0.717) is 18.1 Å². The molecule has 112 valence electrons. The molecule has 0 aromatic carbocycles. The summed E-state index contributed by atoms with van der Waals surface area (Å²) in [6, 6.07) is 0. The first-order valence-corrected chi connectivity index (χ1v) is 6.87. The maximum Gasteiger partial charge on any atom is 0.247 e. The summed E-state index contributed by atoms with van der Waals surface area (Å²) >= 11 is 0. The van der Waals surface area contributed by atoms with E-state index < -0.39 is 5.54 Å². The van der Waals surface area contributed by atoms with Crippen LogP contribution in [0, 0.1) is 0 Å². The number of hydrogen-bond donors (Lipinski definition) is 2. The molecule has 2 N–H and O–H groups in total. The Hall–Kier alpha value is -2.38. The summed E-state index contributed by atoms with van der Waals surface area (Å²) in [6.45, 7) is 5.21. The number of H-pyrrole nitrogens is 1. The van der Waals surface area contributed by atoms with E-state index in [0.717, 1.165) is 17.7 Å². The van der Waals surface area contributed by atoms with Crippen molar-refractivity contribution in [2.45, 2.75) is 19.4 Å². The van der Waals surface area contributed by atoms with E-state index in [2.05, 4.69) is 25.5 Å². The van der Waals surface area contributed by atoms with Crippen molar-refractivity contribution in [3.8, 4) is 0 Å². The van der Waals surface area contributed by atoms with Gasteiger partial charge in [-0.3, -0.25) is 9.89 Å². The number of nitrogens with one attached hydrogen (secondary N) is 2. The lowest BCUT2D eigenvalue weighted by atomic mass is 9.97. The van der Waals surface area contributed by atoms with Crippen molar-refractivity contribution in [1.82, 2.24) is 25.1 Å². The van der Waals surface area contributed by atoms with Crippen LogP contribution >= 0.6 is 0 Å². The molecule has 2 aromatic rings. The van der Waals surface area contributed by atoms with Gasteiger partial charge in [-0.1, -0.05) is 0 Å². The Morgan fingerprint density at radius 2 is 2.10 bits per heavy atom. The van der Waals surface area contributed by atoms with Gasteiger partial charge in [0.15, 0.2) is 5.65 Å². The van der Waals surface area contributed by atoms with Crippen LogP contribution in [0.4, 0.5) is 11.8 Å². The molecule has 0 saturated carbocycles. The Kier molecular flexibility index (Phi) is 2.96. The summed E-state index contributed by atoms with van der Waals surface area (Å²) in [6.07, 6.45) is 1.70. The smallest absolute Gasteiger partial charge is 0.247 e. The van der Waals surface area contributed by atoms with E-state index in [1.165, 1.54) is 0 Å². The maximum atomic E-state index is 12.5. The Morgan fingerprint density at radius 1 is 1.33 bits per heavy atom. The lowest BCUT2D eigenvalue weighted by molar-refractivity contribution is -0.136. The third-order valence-corrected chi connectivity index (χ3v) is 3.97. The molecule has 2 aromatic heterocycles. The number of nitrogens with zero attached hydrogens (tertiary/aromatic N) is 5. The third kappa shape index (κ3) is 1.98. The number of carbonyl (C=O) groups excluding carboxylic acids is 1. The molecule has 0 aliphatic carbocycles. The zero-order valence-corrected chi connectivity index (χ0v) is 12.6. The molecule has 0 bridgehead atoms. The molecular weight excluding hydrogens is 270 g/mol. The molecule has 0 radical (unpaired) electrons. The molecule has 8 nitrogen and oxygen atoms in total. The van der Waals surface area contributed by atoms with Gasteiger partial charge in [0, 0.05) is 27.2 Å². The number of aromatic nitrogens is 4. The predicted octanol–water partition coefficient (Wildman–Crippen LogP) is 0.452. The van der Waals surface area contributed by atoms with Gasteiger partial charge >= 0.3 is 0 Å². The highest BCUT2D eigenvalue weighted by atomic mass is 16.2. The van der Waals surface area contributed by atoms with Crippen LogP contribution in [0.2, 0.25) is 0 Å². The minimum absolute atomic E-state index is 0.0787. The number of rotatable bonds is 2. The third-order valence-electron chi connectivity index (χ3n) is 3.97. The average Bonchev–Trinajstić information content (AvgIpc) is 2.92. The van der Waals surface area contributed by atoms with Crippen LogP contribution in [0.3, 0.4) is 0 Å². The van der Waals surface area contributed by atoms with Gasteiger partial charge in [0.2, 0.25) is 11.9 Å². The molecule has 0 atom stereocenters. The molecule has 1 fully saturated rings. The van der Waals surface area contributed by atoms with Gasteiger partial charge in [-0.05, 0) is 13.8 Å². The second kappa shape index (κ2) is 4.57. The zero-order chi connectivity index (χ0) is 15.2. The number of fused-ring (bicyclic) bond motifs is 1. The number of likely N-dealkylation sites (N-methyl/N-ethyl adjacent to an activating group) is 1. The molecule has 1 aliphatic rings. The van der Waals surface area contributed by atoms with Crippen molar-refractivity contribution in [3.05, 3.63) is 6.20 Å². The summed E-state index contributed by atoms with van der Waals surface area (Å²) in [5.41, 5.74) is 0.00264. The quantitative estimate of drug-likeness (QED) is 0.834. The van der Waals surface area contributed by atoms with Crippen molar-refractivity contribution in [1.29, 1.82) is 0 Å². The van der Waals surface area contributed by atoms with E-state index in [4.69, 9.17) is 0 Å². The lowest BCUT2D eigenvalue weighted by Crippen LogP contribution is -2.62. The minimum Gasteiger partial charge on any atom is -0.357 e. The highest BCUT2D eigenvalue weighted by Crippen LogP contribution is 2.32. The largest absolute Gasteiger partial charge is 0.357 e. The highest BCUT2D eigenvalue weighted by molar-refractivity contribution is 5.95. The standard InChI is InChI=1S/C13H19N7O/c1-13(2)11(21)19(4)5-6-20(13)10-8-7-15-18-9(8)16-12(14-3)17-10/h7H,5-6H2,1-4H3,(H2,14,15,16,17,18). The maximum absolute atomic E-state index is 12.5. The summed E-state index contributed by atoms with van der Waals surface area (Å²) in [5, 5.41) is 10.7. The van der Waals surface area contributed by atoms with Crippen molar-refractivity contribution < 1.29 is 4.79 Å². The number of amides is 1. The molecule has 21 heavy (non-hydrogen) atoms. The normalized spacial score (nSPS) is 18.4. The summed E-state index contributed by atoms with van der Waals surface area (Å²) < 4.78 is 0. The fourth-order valence-corrected chi connectivity index (χ4v) is 2.72. The lowest BCUT2D eigenvalue weighted by Gasteiger charge is -2.45. The van der Waals surface area contributed by atoms with E-state index in [-0.39, 0.29) is 5.91 Å². The van der Waals surface area contributed by atoms with Gasteiger partial charge in [0.1, 0.15) is 11.4 Å². The number of carbonyl (C=O) groups is 1. The van der Waals surface area contributed by atoms with Crippen LogP contribution in [0.5, 0.6) is 0 Å². The number of piperazine rings is 1. The molecular formula is C13H19N7O. The van der Waals surface area contributed by atoms with Gasteiger partial charge in [-0.25, -0.2) is 0 Å². The van der Waals surface area contributed by atoms with Gasteiger partial charge in [-0.2, -0.15) is 15.1 Å². The van der Waals surface area contributed by atoms with Crippen molar-refractivity contribution in [2.24, 2.45) is 0 Å². The molecule has 0 spiro atoms. The van der Waals surface area contributed by atoms with Crippen molar-refractivity contribution in [2.75, 3.05) is 37.4 Å². The summed E-state index contributed by atoms with van der Waals surface area (Å²) in [7, 11) is 3.59. The minimum atomic E-state index is -0.656. The van der Waals surface area contributed by atoms with Gasteiger partial charge < -0.3 is 15.1 Å². The van der Waals surface area contributed by atoms with E-state index in [9.17, 15) is 4.79 Å². The first-order valence-electron chi connectivity index (χ1n) is 6.87. The molecule has 3 rings (SSSR count). The number of aromatic amines is 1. The number of anilines is 2. The van der Waals surface area contributed by atoms with Gasteiger partial charge in [0.25, 0.3) is 0 Å². The molecule has 1 amide bonds. The molecule has 1 aliphatic heterocycles. The van der Waals surface area contributed by atoms with Crippen LogP contribution in [-0.2, 0) is 4.79 Å². The van der Waals surface area contributed by atoms with Crippen LogP contribution in [0.25, 0.3) is 11.0 Å². The molecule has 8 heteroatoms. The van der Waals surface area contributed by atoms with E-state index in [1.54, 1.807) is 18.1 Å². The Labute approximate surface area is 122 Å². The molecule has 3 heterocycles. The van der Waals surface area contributed by atoms with Crippen LogP contribution in [0.1, 0.15) is 13.8 Å².